The van der Waals surface area contributed by atoms with Gasteiger partial charge in [0.2, 0.25) is 0 Å². The number of thiazole rings is 1. The first kappa shape index (κ1) is 17.4. The maximum Gasteiger partial charge on any atom is 0.111 e. The highest BCUT2D eigenvalue weighted by Gasteiger charge is 2.28. The zero-order valence-electron chi connectivity index (χ0n) is 14.6. The first-order chi connectivity index (χ1) is 12.3. The van der Waals surface area contributed by atoms with E-state index in [1.165, 1.54) is 22.5 Å². The number of para-hydroxylation sites is 1. The Bertz CT molecular complexity index is 653. The van der Waals surface area contributed by atoms with Crippen LogP contribution in [0.2, 0.25) is 0 Å². The summed E-state index contributed by atoms with van der Waals surface area (Å²) >= 11 is 1.81. The lowest BCUT2D eigenvalue weighted by molar-refractivity contribution is -0.000530. The van der Waals surface area contributed by atoms with Crippen LogP contribution in [0.3, 0.4) is 0 Å². The van der Waals surface area contributed by atoms with Gasteiger partial charge in [-0.1, -0.05) is 18.6 Å². The molecule has 1 N–H and O–H groups in total. The van der Waals surface area contributed by atoms with E-state index in [0.29, 0.717) is 6.04 Å². The Kier molecular flexibility index (Phi) is 5.63. The Hall–Kier alpha value is -1.05. The van der Waals surface area contributed by atoms with E-state index in [2.05, 4.69) is 34.1 Å². The molecule has 0 aliphatic carbocycles. The van der Waals surface area contributed by atoms with Crippen LogP contribution in [-0.4, -0.2) is 71.9 Å². The Labute approximate surface area is 153 Å². The highest BCUT2D eigenvalue weighted by Crippen LogP contribution is 2.35. The maximum atomic E-state index is 10.6. The van der Waals surface area contributed by atoms with Crippen LogP contribution in [0.4, 0.5) is 0 Å². The molecular formula is C19H27N3O2S. The summed E-state index contributed by atoms with van der Waals surface area (Å²) in [6, 6.07) is 8.73. The number of piperidine rings is 1. The number of benzene rings is 1. The van der Waals surface area contributed by atoms with Gasteiger partial charge in [-0.2, -0.15) is 0 Å². The van der Waals surface area contributed by atoms with Crippen LogP contribution in [0.5, 0.6) is 0 Å². The van der Waals surface area contributed by atoms with Crippen molar-refractivity contribution in [3.8, 4) is 0 Å². The molecule has 1 aromatic carbocycles. The molecule has 2 aliphatic rings. The van der Waals surface area contributed by atoms with Gasteiger partial charge >= 0.3 is 0 Å². The van der Waals surface area contributed by atoms with Crippen LogP contribution in [0, 0.1) is 0 Å². The van der Waals surface area contributed by atoms with Crippen molar-refractivity contribution >= 4 is 21.6 Å². The zero-order chi connectivity index (χ0) is 17.1. The molecule has 2 fully saturated rings. The monoisotopic (exact) mass is 361 g/mol. The van der Waals surface area contributed by atoms with Crippen LogP contribution in [0.1, 0.15) is 30.3 Å². The fourth-order valence-corrected chi connectivity index (χ4v) is 5.07. The van der Waals surface area contributed by atoms with Crippen molar-refractivity contribution < 1.29 is 9.84 Å². The van der Waals surface area contributed by atoms with Crippen LogP contribution in [0.15, 0.2) is 24.3 Å². The molecule has 0 spiro atoms. The summed E-state index contributed by atoms with van der Waals surface area (Å²) in [6.45, 7) is 5.96. The average Bonchev–Trinajstić information content (AvgIpc) is 3.07. The van der Waals surface area contributed by atoms with Crippen molar-refractivity contribution in [3.05, 3.63) is 29.3 Å². The molecule has 0 unspecified atom stereocenters. The number of rotatable bonds is 5. The number of aromatic nitrogens is 1. The van der Waals surface area contributed by atoms with Crippen LogP contribution >= 0.6 is 11.3 Å². The van der Waals surface area contributed by atoms with E-state index in [9.17, 15) is 5.11 Å². The fourth-order valence-electron chi connectivity index (χ4n) is 3.93. The first-order valence-corrected chi connectivity index (χ1v) is 10.2. The van der Waals surface area contributed by atoms with Gasteiger partial charge in [-0.15, -0.1) is 11.3 Å². The molecule has 0 radical (unpaired) electrons. The summed E-state index contributed by atoms with van der Waals surface area (Å²) in [6.07, 6.45) is 3.29. The standard InChI is InChI=1S/C19H27N3O2S/c23-15(13-21-9-11-24-12-10-21)14-22-8-4-3-6-17(22)19-20-16-5-1-2-7-18(16)25-19/h1-2,5,7,15,17,23H,3-4,6,8-14H2/t15-,17+/m0/s1. The second-order valence-electron chi connectivity index (χ2n) is 7.09. The van der Waals surface area contributed by atoms with E-state index in [0.717, 1.165) is 57.9 Å². The summed E-state index contributed by atoms with van der Waals surface area (Å²) in [5.74, 6) is 0. The molecule has 2 saturated heterocycles. The summed E-state index contributed by atoms with van der Waals surface area (Å²) in [7, 11) is 0. The highest BCUT2D eigenvalue weighted by atomic mass is 32.1. The molecule has 5 nitrogen and oxygen atoms in total. The number of hydrogen-bond donors (Lipinski definition) is 1. The molecular weight excluding hydrogens is 334 g/mol. The second kappa shape index (κ2) is 8.10. The highest BCUT2D eigenvalue weighted by molar-refractivity contribution is 7.18. The molecule has 2 atom stereocenters. The smallest absolute Gasteiger partial charge is 0.111 e. The predicted molar refractivity (Wildman–Crippen MR) is 101 cm³/mol. The van der Waals surface area contributed by atoms with Gasteiger partial charge in [0.1, 0.15) is 5.01 Å². The quantitative estimate of drug-likeness (QED) is 0.887. The van der Waals surface area contributed by atoms with Gasteiger partial charge in [0.25, 0.3) is 0 Å². The van der Waals surface area contributed by atoms with Gasteiger partial charge < -0.3 is 9.84 Å². The molecule has 0 amide bonds. The van der Waals surface area contributed by atoms with E-state index in [4.69, 9.17) is 9.72 Å². The van der Waals surface area contributed by atoms with E-state index in [1.54, 1.807) is 0 Å². The van der Waals surface area contributed by atoms with Crippen molar-refractivity contribution in [2.45, 2.75) is 31.4 Å². The Balaban J connectivity index is 1.43. The number of aliphatic hydroxyl groups excluding tert-OH is 1. The van der Waals surface area contributed by atoms with Crippen molar-refractivity contribution in [2.75, 3.05) is 45.9 Å². The molecule has 6 heteroatoms. The summed E-state index contributed by atoms with van der Waals surface area (Å²) < 4.78 is 6.66. The van der Waals surface area contributed by atoms with Crippen LogP contribution in [-0.2, 0) is 4.74 Å². The average molecular weight is 362 g/mol. The third-order valence-corrected chi connectivity index (χ3v) is 6.36. The number of ether oxygens (including phenoxy) is 1. The fraction of sp³-hybridized carbons (Fsp3) is 0.632. The Morgan fingerprint density at radius 3 is 2.84 bits per heavy atom. The summed E-state index contributed by atoms with van der Waals surface area (Å²) in [5.41, 5.74) is 1.10. The minimum Gasteiger partial charge on any atom is -0.390 e. The third kappa shape index (κ3) is 4.20. The first-order valence-electron chi connectivity index (χ1n) is 9.37. The molecule has 1 aromatic heterocycles. The predicted octanol–water partition coefficient (Wildman–Crippen LogP) is 2.52. The molecule has 25 heavy (non-hydrogen) atoms. The minimum atomic E-state index is -0.312. The number of morpholine rings is 1. The van der Waals surface area contributed by atoms with Crippen LogP contribution < -0.4 is 0 Å². The molecule has 3 heterocycles. The number of fused-ring (bicyclic) bond motifs is 1. The van der Waals surface area contributed by atoms with Gasteiger partial charge in [-0.3, -0.25) is 9.80 Å². The number of hydrogen-bond acceptors (Lipinski definition) is 6. The number of β-amino-alcohol motifs (C(OH)–C–C–N with tert-alkyl or cyclic N) is 1. The van der Waals surface area contributed by atoms with Crippen molar-refractivity contribution in [2.24, 2.45) is 0 Å². The molecule has 2 aromatic rings. The van der Waals surface area contributed by atoms with Gasteiger partial charge in [0.15, 0.2) is 0 Å². The molecule has 136 valence electrons. The normalized spacial score (nSPS) is 24.6. The van der Waals surface area contributed by atoms with Gasteiger partial charge in [-0.25, -0.2) is 4.98 Å². The van der Waals surface area contributed by atoms with Gasteiger partial charge in [-0.05, 0) is 31.5 Å². The van der Waals surface area contributed by atoms with Crippen molar-refractivity contribution in [1.29, 1.82) is 0 Å². The molecule has 2 aliphatic heterocycles. The largest absolute Gasteiger partial charge is 0.390 e. The SMILES string of the molecule is O[C@@H](CN1CCOCC1)CN1CCCC[C@@H]1c1nc2ccccc2s1. The lowest BCUT2D eigenvalue weighted by Crippen LogP contribution is -2.46. The van der Waals surface area contributed by atoms with E-state index < -0.39 is 0 Å². The molecule has 4 rings (SSSR count). The Morgan fingerprint density at radius 1 is 1.16 bits per heavy atom. The van der Waals surface area contributed by atoms with Gasteiger partial charge in [0.05, 0.1) is 35.6 Å². The molecule has 0 saturated carbocycles. The number of aliphatic hydroxyl groups is 1. The Morgan fingerprint density at radius 2 is 2.00 bits per heavy atom. The number of nitrogens with zero attached hydrogens (tertiary/aromatic N) is 3. The summed E-state index contributed by atoms with van der Waals surface area (Å²) in [5, 5.41) is 11.8. The van der Waals surface area contributed by atoms with Gasteiger partial charge in [0, 0.05) is 26.2 Å². The number of likely N-dealkylation sites (tertiary alicyclic amines) is 1. The topological polar surface area (TPSA) is 48.8 Å². The lowest BCUT2D eigenvalue weighted by Gasteiger charge is -2.37. The van der Waals surface area contributed by atoms with Crippen molar-refractivity contribution in [1.82, 2.24) is 14.8 Å². The van der Waals surface area contributed by atoms with E-state index >= 15 is 0 Å². The van der Waals surface area contributed by atoms with E-state index in [1.807, 2.05) is 11.3 Å². The minimum absolute atomic E-state index is 0.312. The third-order valence-electron chi connectivity index (χ3n) is 5.23. The van der Waals surface area contributed by atoms with E-state index in [-0.39, 0.29) is 6.10 Å². The molecule has 0 bridgehead atoms. The lowest BCUT2D eigenvalue weighted by atomic mass is 10.0. The zero-order valence-corrected chi connectivity index (χ0v) is 15.5. The second-order valence-corrected chi connectivity index (χ2v) is 8.16. The summed E-state index contributed by atoms with van der Waals surface area (Å²) in [4.78, 5) is 9.64. The maximum absolute atomic E-state index is 10.6. The van der Waals surface area contributed by atoms with Crippen molar-refractivity contribution in [3.63, 3.8) is 0 Å². The van der Waals surface area contributed by atoms with Crippen LogP contribution in [0.25, 0.3) is 10.2 Å².